The third-order valence-corrected chi connectivity index (χ3v) is 5.65. The van der Waals surface area contributed by atoms with E-state index in [-0.39, 0.29) is 17.5 Å². The zero-order valence-corrected chi connectivity index (χ0v) is 9.80. The predicted octanol–water partition coefficient (Wildman–Crippen LogP) is 1.27. The van der Waals surface area contributed by atoms with Crippen LogP contribution in [0.5, 0.6) is 0 Å². The van der Waals surface area contributed by atoms with Gasteiger partial charge in [-0.2, -0.15) is 8.42 Å². The molecule has 2 fully saturated rings. The molecule has 1 N–H and O–H groups in total. The lowest BCUT2D eigenvalue weighted by atomic mass is 9.70. The maximum atomic E-state index is 11.8. The maximum absolute atomic E-state index is 11.8. The van der Waals surface area contributed by atoms with Gasteiger partial charge in [0.05, 0.1) is 5.75 Å². The quantitative estimate of drug-likeness (QED) is 0.728. The summed E-state index contributed by atoms with van der Waals surface area (Å²) < 4.78 is 31.0. The van der Waals surface area contributed by atoms with Crippen molar-refractivity contribution in [1.29, 1.82) is 0 Å². The molecule has 0 saturated heterocycles. The molecule has 2 rings (SSSR count). The minimum absolute atomic E-state index is 0.122. The molecule has 15 heavy (non-hydrogen) atoms. The van der Waals surface area contributed by atoms with E-state index in [0.29, 0.717) is 6.42 Å². The summed E-state index contributed by atoms with van der Waals surface area (Å²) in [6.07, 6.45) is 2.12. The first-order chi connectivity index (χ1) is 6.69. The van der Waals surface area contributed by atoms with Crippen LogP contribution in [0.15, 0.2) is 0 Å². The van der Waals surface area contributed by atoms with Gasteiger partial charge in [-0.3, -0.25) is 9.35 Å². The summed E-state index contributed by atoms with van der Waals surface area (Å²) in [4.78, 5) is 11.8. The van der Waals surface area contributed by atoms with Gasteiger partial charge in [-0.25, -0.2) is 0 Å². The molecular formula is C10H16O4S. The Hall–Kier alpha value is -0.420. The molecule has 0 radical (unpaired) electrons. The van der Waals surface area contributed by atoms with Crippen molar-refractivity contribution in [2.75, 3.05) is 5.75 Å². The summed E-state index contributed by atoms with van der Waals surface area (Å²) in [6, 6.07) is 0. The number of hydrogen-bond donors (Lipinski definition) is 1. The SMILES string of the molecule is CC12CCC(CC1=O)C2(C)CS(=O)(=O)O. The highest BCUT2D eigenvalue weighted by Gasteiger charge is 2.64. The first-order valence-electron chi connectivity index (χ1n) is 5.17. The van der Waals surface area contributed by atoms with E-state index >= 15 is 0 Å². The van der Waals surface area contributed by atoms with Crippen molar-refractivity contribution in [1.82, 2.24) is 0 Å². The van der Waals surface area contributed by atoms with E-state index in [4.69, 9.17) is 4.55 Å². The van der Waals surface area contributed by atoms with Crippen LogP contribution >= 0.6 is 0 Å². The first kappa shape index (κ1) is 11.1. The van der Waals surface area contributed by atoms with Gasteiger partial charge in [-0.05, 0) is 24.2 Å². The Morgan fingerprint density at radius 1 is 1.47 bits per heavy atom. The lowest BCUT2D eigenvalue weighted by Gasteiger charge is -2.35. The van der Waals surface area contributed by atoms with Gasteiger partial charge in [-0.15, -0.1) is 0 Å². The van der Waals surface area contributed by atoms with E-state index in [1.165, 1.54) is 0 Å². The van der Waals surface area contributed by atoms with Crippen LogP contribution < -0.4 is 0 Å². The van der Waals surface area contributed by atoms with E-state index < -0.39 is 20.9 Å². The van der Waals surface area contributed by atoms with E-state index in [0.717, 1.165) is 12.8 Å². The van der Waals surface area contributed by atoms with Crippen LogP contribution in [0.1, 0.15) is 33.1 Å². The Labute approximate surface area is 89.8 Å². The molecule has 2 saturated carbocycles. The summed E-state index contributed by atoms with van der Waals surface area (Å²) in [5.41, 5.74) is -1.12. The van der Waals surface area contributed by atoms with Crippen molar-refractivity contribution in [2.45, 2.75) is 33.1 Å². The monoisotopic (exact) mass is 232 g/mol. The molecule has 0 aromatic heterocycles. The first-order valence-corrected chi connectivity index (χ1v) is 6.78. The number of Topliss-reactive ketones (excluding diaryl/α,β-unsaturated/α-hetero) is 1. The average Bonchev–Trinajstić information content (AvgIpc) is 2.35. The summed E-state index contributed by atoms with van der Waals surface area (Å²) in [7, 11) is -4.01. The molecule has 5 heteroatoms. The van der Waals surface area contributed by atoms with Crippen molar-refractivity contribution in [3.8, 4) is 0 Å². The van der Waals surface area contributed by atoms with Crippen LogP contribution in [0.4, 0.5) is 0 Å². The third kappa shape index (κ3) is 1.36. The van der Waals surface area contributed by atoms with Crippen LogP contribution in [-0.4, -0.2) is 24.5 Å². The van der Waals surface area contributed by atoms with Crippen LogP contribution in [0.25, 0.3) is 0 Å². The largest absolute Gasteiger partial charge is 0.299 e. The number of rotatable bonds is 2. The fourth-order valence-corrected chi connectivity index (χ4v) is 4.72. The molecule has 2 bridgehead atoms. The lowest BCUT2D eigenvalue weighted by Crippen LogP contribution is -2.40. The highest BCUT2D eigenvalue weighted by atomic mass is 32.2. The van der Waals surface area contributed by atoms with Gasteiger partial charge in [0.15, 0.2) is 0 Å². The zero-order chi connectivity index (χ0) is 11.5. The van der Waals surface area contributed by atoms with Crippen molar-refractivity contribution < 1.29 is 17.8 Å². The average molecular weight is 232 g/mol. The van der Waals surface area contributed by atoms with Crippen LogP contribution in [0, 0.1) is 16.7 Å². The van der Waals surface area contributed by atoms with Crippen LogP contribution in [-0.2, 0) is 14.9 Å². The minimum Gasteiger partial charge on any atom is -0.299 e. The van der Waals surface area contributed by atoms with E-state index in [1.807, 2.05) is 13.8 Å². The van der Waals surface area contributed by atoms with Crippen LogP contribution in [0.3, 0.4) is 0 Å². The van der Waals surface area contributed by atoms with Gasteiger partial charge in [0.25, 0.3) is 10.1 Å². The molecule has 3 atom stereocenters. The molecule has 2 aliphatic rings. The molecule has 0 amide bonds. The molecule has 4 nitrogen and oxygen atoms in total. The summed E-state index contributed by atoms with van der Waals surface area (Å²) >= 11 is 0. The molecule has 0 aromatic carbocycles. The predicted molar refractivity (Wildman–Crippen MR) is 55.0 cm³/mol. The topological polar surface area (TPSA) is 71.4 Å². The van der Waals surface area contributed by atoms with Gasteiger partial charge in [0, 0.05) is 11.8 Å². The number of hydrogen-bond acceptors (Lipinski definition) is 3. The zero-order valence-electron chi connectivity index (χ0n) is 8.99. The highest BCUT2D eigenvalue weighted by Crippen LogP contribution is 2.64. The highest BCUT2D eigenvalue weighted by molar-refractivity contribution is 7.85. The smallest absolute Gasteiger partial charge is 0.265 e. The van der Waals surface area contributed by atoms with Gasteiger partial charge < -0.3 is 0 Å². The van der Waals surface area contributed by atoms with E-state index in [9.17, 15) is 13.2 Å². The summed E-state index contributed by atoms with van der Waals surface area (Å²) in [5, 5.41) is 0. The van der Waals surface area contributed by atoms with Crippen LogP contribution in [0.2, 0.25) is 0 Å². The molecule has 2 aliphatic carbocycles. The summed E-state index contributed by atoms with van der Waals surface area (Å²) in [5.74, 6) is -0.00535. The number of fused-ring (bicyclic) bond motifs is 2. The second kappa shape index (κ2) is 2.83. The Morgan fingerprint density at radius 2 is 2.07 bits per heavy atom. The van der Waals surface area contributed by atoms with Crippen molar-refractivity contribution in [2.24, 2.45) is 16.7 Å². The Morgan fingerprint density at radius 3 is 2.40 bits per heavy atom. The molecule has 86 valence electrons. The Balaban J connectivity index is 2.41. The molecule has 0 spiro atoms. The van der Waals surface area contributed by atoms with Crippen molar-refractivity contribution >= 4 is 15.9 Å². The minimum atomic E-state index is -4.01. The number of carbonyl (C=O) groups is 1. The normalized spacial score (nSPS) is 45.0. The van der Waals surface area contributed by atoms with E-state index in [2.05, 4.69) is 0 Å². The van der Waals surface area contributed by atoms with Crippen molar-refractivity contribution in [3.05, 3.63) is 0 Å². The number of ketones is 1. The second-order valence-electron chi connectivity index (χ2n) is 5.34. The number of carbonyl (C=O) groups excluding carboxylic acids is 1. The third-order valence-electron chi connectivity index (χ3n) is 4.68. The van der Waals surface area contributed by atoms with Gasteiger partial charge in [-0.1, -0.05) is 13.8 Å². The Kier molecular flexibility index (Phi) is 2.09. The molecule has 0 aromatic rings. The lowest BCUT2D eigenvalue weighted by molar-refractivity contribution is -0.128. The van der Waals surface area contributed by atoms with Crippen molar-refractivity contribution in [3.63, 3.8) is 0 Å². The fraction of sp³-hybridized carbons (Fsp3) is 0.900. The molecule has 0 aliphatic heterocycles. The Bertz CT molecular complexity index is 413. The molecule has 3 unspecified atom stereocenters. The second-order valence-corrected chi connectivity index (χ2v) is 6.79. The summed E-state index contributed by atoms with van der Waals surface area (Å²) in [6.45, 7) is 3.66. The van der Waals surface area contributed by atoms with Gasteiger partial charge >= 0.3 is 0 Å². The maximum Gasteiger partial charge on any atom is 0.265 e. The van der Waals surface area contributed by atoms with Gasteiger partial charge in [0.2, 0.25) is 0 Å². The molecule has 0 heterocycles. The fourth-order valence-electron chi connectivity index (χ4n) is 3.41. The standard InChI is InChI=1S/C10H16O4S/c1-9-4-3-7(5-8(9)11)10(9,2)6-15(12,13)14/h7H,3-6H2,1-2H3,(H,12,13,14). The van der Waals surface area contributed by atoms with Gasteiger partial charge in [0.1, 0.15) is 5.78 Å². The molecular weight excluding hydrogens is 216 g/mol. The van der Waals surface area contributed by atoms with E-state index in [1.54, 1.807) is 0 Å².